The van der Waals surface area contributed by atoms with Gasteiger partial charge in [0, 0.05) is 0 Å². The predicted molar refractivity (Wildman–Crippen MR) is 39.4 cm³/mol. The van der Waals surface area contributed by atoms with E-state index in [9.17, 15) is 5.11 Å². The van der Waals surface area contributed by atoms with Crippen LogP contribution in [0, 0.1) is 0 Å². The van der Waals surface area contributed by atoms with Crippen molar-refractivity contribution in [1.29, 1.82) is 0 Å². The minimum atomic E-state index is -0.873. The van der Waals surface area contributed by atoms with Gasteiger partial charge in [0.25, 0.3) is 0 Å². The van der Waals surface area contributed by atoms with Crippen LogP contribution < -0.4 is 0 Å². The molecule has 0 aromatic rings. The summed E-state index contributed by atoms with van der Waals surface area (Å²) in [5.41, 5.74) is 0. The minimum absolute atomic E-state index is 0.0426. The molecule has 0 radical (unpaired) electrons. The average molecular weight is 227 g/mol. The van der Waals surface area contributed by atoms with Gasteiger partial charge in [0.05, 0.1) is 0 Å². The van der Waals surface area contributed by atoms with Crippen molar-refractivity contribution in [2.24, 2.45) is 0 Å². The van der Waals surface area contributed by atoms with E-state index in [0.29, 0.717) is 5.32 Å². The zero-order valence-corrected chi connectivity index (χ0v) is 7.63. The number of rotatable bonds is 2. The fraction of sp³-hybridized carbons (Fsp3) is 1.00. The molecule has 1 saturated heterocycles. The van der Waals surface area contributed by atoms with Gasteiger partial charge in [-0.2, -0.15) is 0 Å². The fourth-order valence-corrected chi connectivity index (χ4v) is 3.80. The van der Waals surface area contributed by atoms with Crippen molar-refractivity contribution >= 4 is 15.0 Å². The van der Waals surface area contributed by atoms with Crippen LogP contribution in [0.5, 0.6) is 0 Å². The molecule has 66 valence electrons. The summed E-state index contributed by atoms with van der Waals surface area (Å²) in [6.07, 6.45) is -2.43. The Morgan fingerprint density at radius 1 is 1.45 bits per heavy atom. The topological polar surface area (TPSA) is 80.9 Å². The van der Waals surface area contributed by atoms with E-state index in [1.54, 1.807) is 0 Å². The molecule has 11 heavy (non-hydrogen) atoms. The predicted octanol–water partition coefficient (Wildman–Crippen LogP) is -2.01. The normalized spacial score (nSPS) is 40.9. The van der Waals surface area contributed by atoms with E-state index in [1.165, 1.54) is 0 Å². The van der Waals surface area contributed by atoms with Gasteiger partial charge in [-0.1, -0.05) is 0 Å². The van der Waals surface area contributed by atoms with E-state index in [0.717, 1.165) is 0 Å². The van der Waals surface area contributed by atoms with Crippen LogP contribution >= 0.6 is 0 Å². The molecule has 1 rings (SSSR count). The van der Waals surface area contributed by atoms with Gasteiger partial charge in [-0.05, 0) is 0 Å². The molecule has 1 fully saturated rings. The van der Waals surface area contributed by atoms with E-state index in [1.807, 2.05) is 0 Å². The van der Waals surface area contributed by atoms with E-state index in [-0.39, 0.29) is 26.4 Å². The molecule has 5 heteroatoms. The summed E-state index contributed by atoms with van der Waals surface area (Å²) < 4.78 is 0. The first-order valence-electron chi connectivity index (χ1n) is 3.43. The summed E-state index contributed by atoms with van der Waals surface area (Å²) >= 11 is 0.0426. The molecule has 4 nitrogen and oxygen atoms in total. The van der Waals surface area contributed by atoms with E-state index < -0.39 is 18.3 Å². The van der Waals surface area contributed by atoms with Crippen molar-refractivity contribution in [2.75, 3.05) is 6.61 Å². The standard InChI is InChI=1S/C6H12O4Se/c7-1-3(8)6-5(10)4(9)2-11-6/h3-10H,1-2H2/t3-,4-,5+,6-/m1/s1. The second kappa shape index (κ2) is 3.85. The van der Waals surface area contributed by atoms with Crippen molar-refractivity contribution in [3.05, 3.63) is 0 Å². The van der Waals surface area contributed by atoms with Crippen LogP contribution in [-0.4, -0.2) is 60.3 Å². The van der Waals surface area contributed by atoms with Gasteiger partial charge in [-0.25, -0.2) is 0 Å². The van der Waals surface area contributed by atoms with E-state index >= 15 is 0 Å². The van der Waals surface area contributed by atoms with Crippen LogP contribution in [0.15, 0.2) is 0 Å². The summed E-state index contributed by atoms with van der Waals surface area (Å²) in [5, 5.41) is 36.6. The number of aliphatic hydroxyl groups is 4. The van der Waals surface area contributed by atoms with Crippen molar-refractivity contribution in [2.45, 2.75) is 28.4 Å². The molecular formula is C6H12O4Se. The van der Waals surface area contributed by atoms with Gasteiger partial charge >= 0.3 is 70.4 Å². The molecule has 1 heterocycles. The third kappa shape index (κ3) is 1.93. The summed E-state index contributed by atoms with van der Waals surface area (Å²) in [7, 11) is 0. The Kier molecular flexibility index (Phi) is 3.30. The van der Waals surface area contributed by atoms with Gasteiger partial charge in [-0.3, -0.25) is 0 Å². The molecule has 0 aromatic carbocycles. The average Bonchev–Trinajstić information content (AvgIpc) is 2.32. The molecule has 0 saturated carbocycles. The third-order valence-electron chi connectivity index (χ3n) is 1.76. The molecule has 0 spiro atoms. The van der Waals surface area contributed by atoms with Crippen molar-refractivity contribution in [1.82, 2.24) is 0 Å². The molecular weight excluding hydrogens is 215 g/mol. The zero-order chi connectivity index (χ0) is 8.43. The maximum atomic E-state index is 9.25. The van der Waals surface area contributed by atoms with Crippen LogP contribution in [0.1, 0.15) is 0 Å². The molecule has 0 amide bonds. The van der Waals surface area contributed by atoms with Crippen LogP contribution in [-0.2, 0) is 0 Å². The Morgan fingerprint density at radius 3 is 2.45 bits per heavy atom. The fourth-order valence-electron chi connectivity index (χ4n) is 1.07. The SMILES string of the molecule is OC[C@@H](O)[C@H]1[Se]C[C@@H](O)[C@@H]1O. The molecule has 1 aliphatic heterocycles. The zero-order valence-electron chi connectivity index (χ0n) is 5.92. The Bertz CT molecular complexity index is 132. The van der Waals surface area contributed by atoms with Gasteiger partial charge in [0.15, 0.2) is 0 Å². The molecule has 0 bridgehead atoms. The van der Waals surface area contributed by atoms with Crippen LogP contribution in [0.3, 0.4) is 0 Å². The Balaban J connectivity index is 2.47. The van der Waals surface area contributed by atoms with Crippen molar-refractivity contribution < 1.29 is 20.4 Å². The molecule has 0 aliphatic carbocycles. The Labute approximate surface area is 71.0 Å². The van der Waals surface area contributed by atoms with E-state index in [2.05, 4.69) is 0 Å². The molecule has 4 N–H and O–H groups in total. The maximum absolute atomic E-state index is 9.25. The Morgan fingerprint density at radius 2 is 2.09 bits per heavy atom. The van der Waals surface area contributed by atoms with Crippen molar-refractivity contribution in [3.63, 3.8) is 0 Å². The molecule has 4 atom stereocenters. The first-order chi connectivity index (χ1) is 5.16. The number of hydrogen-bond donors (Lipinski definition) is 4. The van der Waals surface area contributed by atoms with Crippen LogP contribution in [0.2, 0.25) is 10.1 Å². The van der Waals surface area contributed by atoms with Gasteiger partial charge in [0.1, 0.15) is 0 Å². The summed E-state index contributed by atoms with van der Waals surface area (Å²) in [6, 6.07) is 0. The first kappa shape index (κ1) is 9.45. The Hall–Kier alpha value is 0.359. The quantitative estimate of drug-likeness (QED) is 0.411. The summed E-state index contributed by atoms with van der Waals surface area (Å²) in [5.74, 6) is 0. The molecule has 0 aromatic heterocycles. The third-order valence-corrected chi connectivity index (χ3v) is 4.93. The molecule has 0 unspecified atom stereocenters. The van der Waals surface area contributed by atoms with E-state index in [4.69, 9.17) is 15.3 Å². The van der Waals surface area contributed by atoms with Gasteiger partial charge in [-0.15, -0.1) is 0 Å². The number of hydrogen-bond acceptors (Lipinski definition) is 4. The molecule has 1 aliphatic rings. The summed E-state index contributed by atoms with van der Waals surface area (Å²) in [4.78, 5) is -0.303. The second-order valence-corrected chi connectivity index (χ2v) is 5.15. The number of aliphatic hydroxyl groups excluding tert-OH is 4. The first-order valence-corrected chi connectivity index (χ1v) is 5.63. The van der Waals surface area contributed by atoms with Gasteiger partial charge in [0.2, 0.25) is 0 Å². The second-order valence-electron chi connectivity index (χ2n) is 2.61. The van der Waals surface area contributed by atoms with Crippen LogP contribution in [0.4, 0.5) is 0 Å². The summed E-state index contributed by atoms with van der Waals surface area (Å²) in [6.45, 7) is -0.337. The monoisotopic (exact) mass is 228 g/mol. The van der Waals surface area contributed by atoms with Crippen molar-refractivity contribution in [3.8, 4) is 0 Å². The van der Waals surface area contributed by atoms with Crippen LogP contribution in [0.25, 0.3) is 0 Å². The van der Waals surface area contributed by atoms with Gasteiger partial charge < -0.3 is 0 Å².